The highest BCUT2D eigenvalue weighted by molar-refractivity contribution is 5.93. The van der Waals surface area contributed by atoms with Crippen molar-refractivity contribution >= 4 is 22.5 Å². The van der Waals surface area contributed by atoms with Gasteiger partial charge in [-0.2, -0.15) is 0 Å². The number of hydrogen-bond donors (Lipinski definition) is 3. The van der Waals surface area contributed by atoms with Gasteiger partial charge in [-0.15, -0.1) is 0 Å². The van der Waals surface area contributed by atoms with E-state index in [4.69, 9.17) is 5.11 Å². The van der Waals surface area contributed by atoms with E-state index in [-0.39, 0.29) is 18.7 Å². The smallest absolute Gasteiger partial charge is 0.319 e. The number of hydrogen-bond acceptors (Lipinski definition) is 2. The zero-order valence-corrected chi connectivity index (χ0v) is 11.6. The Kier molecular flexibility index (Phi) is 4.96. The van der Waals surface area contributed by atoms with Gasteiger partial charge in [0.15, 0.2) is 0 Å². The fourth-order valence-corrected chi connectivity index (χ4v) is 2.13. The summed E-state index contributed by atoms with van der Waals surface area (Å²) in [6.07, 6.45) is 1.46. The van der Waals surface area contributed by atoms with Crippen LogP contribution in [0.15, 0.2) is 42.5 Å². The highest BCUT2D eigenvalue weighted by Crippen LogP contribution is 2.18. The van der Waals surface area contributed by atoms with Crippen LogP contribution in [0, 0.1) is 0 Å². The van der Waals surface area contributed by atoms with E-state index in [1.54, 1.807) is 0 Å². The third-order valence-electron chi connectivity index (χ3n) is 3.18. The lowest BCUT2D eigenvalue weighted by Crippen LogP contribution is -2.36. The van der Waals surface area contributed by atoms with Crippen molar-refractivity contribution in [2.45, 2.75) is 25.8 Å². The van der Waals surface area contributed by atoms with E-state index in [0.717, 1.165) is 22.9 Å². The minimum absolute atomic E-state index is 0.0441. The molecule has 1 atom stereocenters. The first kappa shape index (κ1) is 14.3. The fourth-order valence-electron chi connectivity index (χ4n) is 2.13. The molecule has 20 heavy (non-hydrogen) atoms. The molecule has 2 rings (SSSR count). The van der Waals surface area contributed by atoms with Crippen molar-refractivity contribution in [3.63, 3.8) is 0 Å². The maximum absolute atomic E-state index is 11.8. The molecule has 0 bridgehead atoms. The molecule has 2 aromatic carbocycles. The van der Waals surface area contributed by atoms with Crippen LogP contribution in [0.4, 0.5) is 10.5 Å². The zero-order chi connectivity index (χ0) is 14.4. The number of carbonyl (C=O) groups excluding carboxylic acids is 1. The van der Waals surface area contributed by atoms with E-state index in [1.165, 1.54) is 0 Å². The van der Waals surface area contributed by atoms with Gasteiger partial charge in [0, 0.05) is 18.3 Å². The summed E-state index contributed by atoms with van der Waals surface area (Å²) >= 11 is 0. The molecule has 1 unspecified atom stereocenters. The molecule has 0 fully saturated rings. The lowest BCUT2D eigenvalue weighted by Gasteiger charge is -2.14. The van der Waals surface area contributed by atoms with Gasteiger partial charge in [0.1, 0.15) is 0 Å². The number of aliphatic hydroxyl groups excluding tert-OH is 1. The zero-order valence-electron chi connectivity index (χ0n) is 11.6. The summed E-state index contributed by atoms with van der Waals surface area (Å²) < 4.78 is 0. The van der Waals surface area contributed by atoms with Gasteiger partial charge in [-0.3, -0.25) is 0 Å². The molecule has 0 aromatic heterocycles. The highest BCUT2D eigenvalue weighted by Gasteiger charge is 2.07. The van der Waals surface area contributed by atoms with Crippen molar-refractivity contribution in [3.05, 3.63) is 42.5 Å². The number of fused-ring (bicyclic) bond motifs is 1. The van der Waals surface area contributed by atoms with Crippen molar-refractivity contribution in [1.82, 2.24) is 5.32 Å². The first-order valence-electron chi connectivity index (χ1n) is 6.86. The summed E-state index contributed by atoms with van der Waals surface area (Å²) in [6, 6.07) is 13.7. The second-order valence-electron chi connectivity index (χ2n) is 4.93. The van der Waals surface area contributed by atoms with Crippen LogP contribution in [0.2, 0.25) is 0 Å². The first-order valence-corrected chi connectivity index (χ1v) is 6.86. The second-order valence-corrected chi connectivity index (χ2v) is 4.93. The van der Waals surface area contributed by atoms with Gasteiger partial charge < -0.3 is 15.7 Å². The Bertz CT molecular complexity index is 583. The molecule has 0 saturated heterocycles. The Morgan fingerprint density at radius 2 is 1.95 bits per heavy atom. The molecule has 0 heterocycles. The van der Waals surface area contributed by atoms with Gasteiger partial charge in [0.25, 0.3) is 0 Å². The number of rotatable bonds is 5. The minimum Gasteiger partial charge on any atom is -0.396 e. The number of aliphatic hydroxyl groups is 1. The van der Waals surface area contributed by atoms with Gasteiger partial charge in [-0.1, -0.05) is 30.3 Å². The predicted octanol–water partition coefficient (Wildman–Crippen LogP) is 3.12. The van der Waals surface area contributed by atoms with E-state index in [0.29, 0.717) is 6.42 Å². The molecule has 4 nitrogen and oxygen atoms in total. The molecular weight excluding hydrogens is 252 g/mol. The lowest BCUT2D eigenvalue weighted by molar-refractivity contribution is 0.245. The number of anilines is 1. The summed E-state index contributed by atoms with van der Waals surface area (Å²) in [5, 5.41) is 16.7. The molecule has 0 spiro atoms. The summed E-state index contributed by atoms with van der Waals surface area (Å²) in [5.41, 5.74) is 0.774. The van der Waals surface area contributed by atoms with Crippen LogP contribution >= 0.6 is 0 Å². The highest BCUT2D eigenvalue weighted by atomic mass is 16.3. The number of nitrogens with one attached hydrogen (secondary N) is 2. The number of urea groups is 1. The average Bonchev–Trinajstić information content (AvgIpc) is 2.44. The van der Waals surface area contributed by atoms with Crippen molar-refractivity contribution in [2.75, 3.05) is 11.9 Å². The quantitative estimate of drug-likeness (QED) is 0.783. The molecule has 2 aromatic rings. The summed E-state index contributed by atoms with van der Waals surface area (Å²) in [6.45, 7) is 2.08. The molecule has 106 valence electrons. The number of benzene rings is 2. The lowest BCUT2D eigenvalue weighted by atomic mass is 10.1. The topological polar surface area (TPSA) is 61.4 Å². The van der Waals surface area contributed by atoms with E-state index in [9.17, 15) is 4.79 Å². The second kappa shape index (κ2) is 6.91. The van der Waals surface area contributed by atoms with E-state index in [1.807, 2.05) is 49.4 Å². The van der Waals surface area contributed by atoms with Crippen LogP contribution in [-0.2, 0) is 0 Å². The largest absolute Gasteiger partial charge is 0.396 e. The predicted molar refractivity (Wildman–Crippen MR) is 81.9 cm³/mol. The molecule has 0 aliphatic carbocycles. The van der Waals surface area contributed by atoms with E-state index >= 15 is 0 Å². The molecule has 0 radical (unpaired) electrons. The molecular formula is C16H20N2O2. The van der Waals surface area contributed by atoms with Crippen LogP contribution in [0.1, 0.15) is 19.8 Å². The third kappa shape index (κ3) is 3.96. The van der Waals surface area contributed by atoms with Gasteiger partial charge in [-0.05, 0) is 42.7 Å². The molecule has 0 aliphatic rings. The molecule has 3 N–H and O–H groups in total. The summed E-state index contributed by atoms with van der Waals surface area (Å²) in [7, 11) is 0. The van der Waals surface area contributed by atoms with Crippen molar-refractivity contribution < 1.29 is 9.90 Å². The fraction of sp³-hybridized carbons (Fsp3) is 0.312. The van der Waals surface area contributed by atoms with Gasteiger partial charge in [0.2, 0.25) is 0 Å². The van der Waals surface area contributed by atoms with Gasteiger partial charge in [0.05, 0.1) is 0 Å². The Hall–Kier alpha value is -2.07. The number of amides is 2. The summed E-state index contributed by atoms with van der Waals surface area (Å²) in [4.78, 5) is 11.8. The van der Waals surface area contributed by atoms with Crippen LogP contribution in [0.25, 0.3) is 10.8 Å². The van der Waals surface area contributed by atoms with E-state index < -0.39 is 0 Å². The van der Waals surface area contributed by atoms with Crippen molar-refractivity contribution in [3.8, 4) is 0 Å². The Morgan fingerprint density at radius 3 is 2.70 bits per heavy atom. The van der Waals surface area contributed by atoms with Crippen LogP contribution < -0.4 is 10.6 Å². The maximum atomic E-state index is 11.8. The van der Waals surface area contributed by atoms with Gasteiger partial charge >= 0.3 is 6.03 Å². The average molecular weight is 272 g/mol. The van der Waals surface area contributed by atoms with Crippen molar-refractivity contribution in [2.24, 2.45) is 0 Å². The third-order valence-corrected chi connectivity index (χ3v) is 3.18. The molecule has 0 aliphatic heterocycles. The first-order chi connectivity index (χ1) is 9.69. The Balaban J connectivity index is 1.95. The monoisotopic (exact) mass is 272 g/mol. The standard InChI is InChI=1S/C16H20N2O2/c1-12(5-4-10-19)17-16(20)18-15-9-8-13-6-2-3-7-14(13)11-15/h2-3,6-9,11-12,19H,4-5,10H2,1H3,(H2,17,18,20). The Morgan fingerprint density at radius 1 is 1.20 bits per heavy atom. The van der Waals surface area contributed by atoms with Crippen LogP contribution in [-0.4, -0.2) is 23.8 Å². The van der Waals surface area contributed by atoms with Crippen LogP contribution in [0.3, 0.4) is 0 Å². The maximum Gasteiger partial charge on any atom is 0.319 e. The molecule has 0 saturated carbocycles. The minimum atomic E-state index is -0.217. The normalized spacial score (nSPS) is 12.1. The number of carbonyl (C=O) groups is 1. The SMILES string of the molecule is CC(CCCO)NC(=O)Nc1ccc2ccccc2c1. The van der Waals surface area contributed by atoms with E-state index in [2.05, 4.69) is 10.6 Å². The summed E-state index contributed by atoms with van der Waals surface area (Å²) in [5.74, 6) is 0. The van der Waals surface area contributed by atoms with Crippen molar-refractivity contribution in [1.29, 1.82) is 0 Å². The molecule has 2 amide bonds. The Labute approximate surface area is 118 Å². The molecule has 4 heteroatoms. The van der Waals surface area contributed by atoms with Gasteiger partial charge in [-0.25, -0.2) is 4.79 Å². The van der Waals surface area contributed by atoms with Crippen LogP contribution in [0.5, 0.6) is 0 Å².